The topological polar surface area (TPSA) is 0 Å². The molecule has 2 atom stereocenters. The van der Waals surface area contributed by atoms with Gasteiger partial charge < -0.3 is 0 Å². The van der Waals surface area contributed by atoms with Gasteiger partial charge >= 0.3 is 0 Å². The van der Waals surface area contributed by atoms with Crippen molar-refractivity contribution in [1.82, 2.24) is 0 Å². The molecule has 1 aliphatic rings. The Morgan fingerprint density at radius 3 is 2.09 bits per heavy atom. The van der Waals surface area contributed by atoms with Crippen molar-refractivity contribution in [3.05, 3.63) is 0 Å². The Morgan fingerprint density at radius 2 is 1.82 bits per heavy atom. The van der Waals surface area contributed by atoms with Crippen LogP contribution in [0, 0.1) is 17.3 Å². The molecule has 0 nitrogen and oxygen atoms in total. The van der Waals surface area contributed by atoms with Crippen LogP contribution in [-0.4, -0.2) is 0 Å². The van der Waals surface area contributed by atoms with Crippen molar-refractivity contribution >= 4 is 0 Å². The van der Waals surface area contributed by atoms with E-state index in [0.717, 1.165) is 11.8 Å². The predicted molar refractivity (Wildman–Crippen MR) is 50.6 cm³/mol. The number of hydrogen-bond donors (Lipinski definition) is 0. The average Bonchev–Trinajstić information content (AvgIpc) is 2.32. The summed E-state index contributed by atoms with van der Waals surface area (Å²) in [5.74, 6) is 2.03. The zero-order chi connectivity index (χ0) is 8.48. The Hall–Kier alpha value is 0. The second-order valence-corrected chi connectivity index (χ2v) is 5.15. The van der Waals surface area contributed by atoms with Gasteiger partial charge in [-0.3, -0.25) is 0 Å². The molecule has 0 radical (unpaired) electrons. The lowest BCUT2D eigenvalue weighted by molar-refractivity contribution is 0.238. The highest BCUT2D eigenvalue weighted by molar-refractivity contribution is 4.82. The lowest BCUT2D eigenvalue weighted by Crippen LogP contribution is -2.17. The van der Waals surface area contributed by atoms with Gasteiger partial charge in [0.25, 0.3) is 0 Å². The molecule has 0 amide bonds. The van der Waals surface area contributed by atoms with E-state index < -0.39 is 0 Å². The molecular formula is C11H22. The highest BCUT2D eigenvalue weighted by Crippen LogP contribution is 2.42. The zero-order valence-electron chi connectivity index (χ0n) is 8.48. The van der Waals surface area contributed by atoms with E-state index in [2.05, 4.69) is 27.7 Å². The fraction of sp³-hybridized carbons (Fsp3) is 1.00. The monoisotopic (exact) mass is 154 g/mol. The minimum absolute atomic E-state index is 0.559. The minimum atomic E-state index is 0.559. The first-order chi connectivity index (χ1) is 5.04. The minimum Gasteiger partial charge on any atom is -0.0651 e. The molecule has 1 fully saturated rings. The summed E-state index contributed by atoms with van der Waals surface area (Å²) in [5, 5.41) is 0. The summed E-state index contributed by atoms with van der Waals surface area (Å²) in [7, 11) is 0. The van der Waals surface area contributed by atoms with E-state index in [0.29, 0.717) is 5.41 Å². The quantitative estimate of drug-likeness (QED) is 0.538. The first-order valence-corrected chi connectivity index (χ1v) is 5.04. The van der Waals surface area contributed by atoms with Crippen LogP contribution in [0.25, 0.3) is 0 Å². The lowest BCUT2D eigenvalue weighted by atomic mass is 9.79. The number of rotatable bonds is 1. The molecular weight excluding hydrogens is 132 g/mol. The third-order valence-electron chi connectivity index (χ3n) is 3.34. The maximum Gasteiger partial charge on any atom is -0.0354 e. The summed E-state index contributed by atoms with van der Waals surface area (Å²) < 4.78 is 0. The van der Waals surface area contributed by atoms with Crippen molar-refractivity contribution < 1.29 is 0 Å². The largest absolute Gasteiger partial charge is 0.0651 e. The van der Waals surface area contributed by atoms with Gasteiger partial charge in [-0.2, -0.15) is 0 Å². The van der Waals surface area contributed by atoms with Gasteiger partial charge in [0.15, 0.2) is 0 Å². The van der Waals surface area contributed by atoms with Crippen LogP contribution < -0.4 is 0 Å². The molecule has 2 unspecified atom stereocenters. The first kappa shape index (κ1) is 9.09. The van der Waals surface area contributed by atoms with Crippen LogP contribution in [-0.2, 0) is 0 Å². The van der Waals surface area contributed by atoms with Crippen molar-refractivity contribution in [2.45, 2.75) is 53.4 Å². The summed E-state index contributed by atoms with van der Waals surface area (Å²) in [6, 6.07) is 0. The van der Waals surface area contributed by atoms with Crippen molar-refractivity contribution in [1.29, 1.82) is 0 Å². The van der Waals surface area contributed by atoms with E-state index in [1.807, 2.05) is 0 Å². The highest BCUT2D eigenvalue weighted by atomic mass is 14.4. The maximum atomic E-state index is 2.38. The van der Waals surface area contributed by atoms with E-state index in [1.165, 1.54) is 25.7 Å². The number of hydrogen-bond acceptors (Lipinski definition) is 0. The van der Waals surface area contributed by atoms with E-state index >= 15 is 0 Å². The maximum absolute atomic E-state index is 2.38. The molecule has 0 spiro atoms. The Kier molecular flexibility index (Phi) is 2.61. The van der Waals surface area contributed by atoms with Gasteiger partial charge in [0.2, 0.25) is 0 Å². The fourth-order valence-electron chi connectivity index (χ4n) is 2.23. The molecule has 66 valence electrons. The van der Waals surface area contributed by atoms with Gasteiger partial charge in [-0.25, -0.2) is 0 Å². The fourth-order valence-corrected chi connectivity index (χ4v) is 2.23. The molecule has 11 heavy (non-hydrogen) atoms. The Morgan fingerprint density at radius 1 is 1.18 bits per heavy atom. The second-order valence-electron chi connectivity index (χ2n) is 5.15. The molecule has 0 heterocycles. The summed E-state index contributed by atoms with van der Waals surface area (Å²) in [5.41, 5.74) is 0.559. The van der Waals surface area contributed by atoms with Crippen molar-refractivity contribution in [3.8, 4) is 0 Å². The van der Waals surface area contributed by atoms with Gasteiger partial charge in [0.1, 0.15) is 0 Å². The summed E-state index contributed by atoms with van der Waals surface area (Å²) in [6.45, 7) is 9.48. The Bertz CT molecular complexity index is 118. The Labute approximate surface area is 71.4 Å². The molecule has 0 heteroatoms. The van der Waals surface area contributed by atoms with E-state index in [9.17, 15) is 0 Å². The Balaban J connectivity index is 2.42. The highest BCUT2D eigenvalue weighted by Gasteiger charge is 2.31. The normalized spacial score (nSPS) is 32.7. The zero-order valence-corrected chi connectivity index (χ0v) is 8.48. The third-order valence-corrected chi connectivity index (χ3v) is 3.34. The van der Waals surface area contributed by atoms with Crippen LogP contribution in [0.3, 0.4) is 0 Å². The van der Waals surface area contributed by atoms with Crippen molar-refractivity contribution in [3.63, 3.8) is 0 Å². The smallest absolute Gasteiger partial charge is 0.0354 e. The molecule has 0 aromatic rings. The molecule has 0 aliphatic heterocycles. The molecule has 0 saturated heterocycles. The van der Waals surface area contributed by atoms with Crippen LogP contribution in [0.4, 0.5) is 0 Å². The SMILES string of the molecule is CCC1CCC(C(C)(C)C)C1. The lowest BCUT2D eigenvalue weighted by Gasteiger charge is -2.26. The van der Waals surface area contributed by atoms with Crippen LogP contribution >= 0.6 is 0 Å². The first-order valence-electron chi connectivity index (χ1n) is 5.04. The van der Waals surface area contributed by atoms with Gasteiger partial charge in [0, 0.05) is 0 Å². The molecule has 1 saturated carbocycles. The standard InChI is InChI=1S/C11H22/c1-5-9-6-7-10(8-9)11(2,3)4/h9-10H,5-8H2,1-4H3. The van der Waals surface area contributed by atoms with Crippen LogP contribution in [0.2, 0.25) is 0 Å². The molecule has 0 bridgehead atoms. The van der Waals surface area contributed by atoms with E-state index in [4.69, 9.17) is 0 Å². The van der Waals surface area contributed by atoms with E-state index in [1.54, 1.807) is 0 Å². The van der Waals surface area contributed by atoms with Crippen LogP contribution in [0.15, 0.2) is 0 Å². The summed E-state index contributed by atoms with van der Waals surface area (Å²) in [4.78, 5) is 0. The van der Waals surface area contributed by atoms with Crippen LogP contribution in [0.5, 0.6) is 0 Å². The van der Waals surface area contributed by atoms with Crippen molar-refractivity contribution in [2.24, 2.45) is 17.3 Å². The van der Waals surface area contributed by atoms with Gasteiger partial charge in [0.05, 0.1) is 0 Å². The molecule has 0 aromatic carbocycles. The summed E-state index contributed by atoms with van der Waals surface area (Å²) in [6.07, 6.45) is 5.84. The van der Waals surface area contributed by atoms with Crippen molar-refractivity contribution in [2.75, 3.05) is 0 Å². The predicted octanol–water partition coefficient (Wildman–Crippen LogP) is 3.86. The molecule has 0 N–H and O–H groups in total. The van der Waals surface area contributed by atoms with Gasteiger partial charge in [-0.1, -0.05) is 40.5 Å². The molecule has 1 rings (SSSR count). The van der Waals surface area contributed by atoms with E-state index in [-0.39, 0.29) is 0 Å². The summed E-state index contributed by atoms with van der Waals surface area (Å²) >= 11 is 0. The van der Waals surface area contributed by atoms with Crippen LogP contribution in [0.1, 0.15) is 53.4 Å². The molecule has 0 aromatic heterocycles. The van der Waals surface area contributed by atoms with Gasteiger partial charge in [-0.05, 0) is 30.1 Å². The molecule has 1 aliphatic carbocycles. The third kappa shape index (κ3) is 2.21. The average molecular weight is 154 g/mol. The van der Waals surface area contributed by atoms with Gasteiger partial charge in [-0.15, -0.1) is 0 Å². The second kappa shape index (κ2) is 3.16.